The molecule has 0 amide bonds. The van der Waals surface area contributed by atoms with Gasteiger partial charge in [-0.05, 0) is 11.4 Å². The van der Waals surface area contributed by atoms with E-state index in [1.165, 1.54) is 23.7 Å². The van der Waals surface area contributed by atoms with Crippen LogP contribution >= 0.6 is 11.3 Å². The minimum Gasteiger partial charge on any atom is -0.320 e. The summed E-state index contributed by atoms with van der Waals surface area (Å²) >= 11 is 1.44. The number of hydrogen-bond donors (Lipinski definition) is 3. The first-order valence-corrected chi connectivity index (χ1v) is 7.73. The molecule has 0 aliphatic rings. The Morgan fingerprint density at radius 2 is 2.37 bits per heavy atom. The summed E-state index contributed by atoms with van der Waals surface area (Å²) in [4.78, 5) is 0.965. The Labute approximate surface area is 115 Å². The zero-order valence-electron chi connectivity index (χ0n) is 9.88. The summed E-state index contributed by atoms with van der Waals surface area (Å²) in [6.45, 7) is 0.468. The van der Waals surface area contributed by atoms with E-state index in [9.17, 15) is 8.42 Å². The number of sulfonamides is 1. The monoisotopic (exact) mass is 296 g/mol. The van der Waals surface area contributed by atoms with Gasteiger partial charge in [-0.1, -0.05) is 11.8 Å². The number of nitrogens with one attached hydrogen (secondary N) is 2. The van der Waals surface area contributed by atoms with Gasteiger partial charge in [0.15, 0.2) is 0 Å². The molecule has 0 saturated carbocycles. The van der Waals surface area contributed by atoms with Gasteiger partial charge in [-0.3, -0.25) is 5.10 Å². The third-order valence-electron chi connectivity index (χ3n) is 2.28. The Morgan fingerprint density at radius 3 is 3.05 bits per heavy atom. The highest BCUT2D eigenvalue weighted by molar-refractivity contribution is 7.89. The highest BCUT2D eigenvalue weighted by Crippen LogP contribution is 2.16. The quantitative estimate of drug-likeness (QED) is 0.704. The number of nitrogens with two attached hydrogens (primary N) is 1. The van der Waals surface area contributed by atoms with Gasteiger partial charge in [-0.2, -0.15) is 5.10 Å². The van der Waals surface area contributed by atoms with Crippen LogP contribution in [0.5, 0.6) is 0 Å². The van der Waals surface area contributed by atoms with E-state index >= 15 is 0 Å². The molecule has 8 heteroatoms. The van der Waals surface area contributed by atoms with Gasteiger partial charge in [0.05, 0.1) is 12.7 Å². The van der Waals surface area contributed by atoms with Gasteiger partial charge in [0.1, 0.15) is 4.90 Å². The predicted molar refractivity (Wildman–Crippen MR) is 72.9 cm³/mol. The molecule has 2 aromatic rings. The number of nitrogens with zero attached hydrogens (tertiary/aromatic N) is 1. The number of aromatic amines is 1. The van der Waals surface area contributed by atoms with Crippen LogP contribution in [0.2, 0.25) is 0 Å². The molecule has 0 aromatic carbocycles. The number of thiophene rings is 1. The fraction of sp³-hybridized carbons (Fsp3) is 0.182. The lowest BCUT2D eigenvalue weighted by Gasteiger charge is -2.03. The third kappa shape index (κ3) is 3.42. The van der Waals surface area contributed by atoms with Crippen LogP contribution < -0.4 is 10.5 Å². The summed E-state index contributed by atoms with van der Waals surface area (Å²) in [6.07, 6.45) is 2.58. The molecule has 4 N–H and O–H groups in total. The van der Waals surface area contributed by atoms with E-state index in [2.05, 4.69) is 26.8 Å². The van der Waals surface area contributed by atoms with Crippen molar-refractivity contribution in [3.8, 4) is 11.8 Å². The molecule has 0 bridgehead atoms. The van der Waals surface area contributed by atoms with Crippen molar-refractivity contribution in [1.29, 1.82) is 0 Å². The van der Waals surface area contributed by atoms with Crippen molar-refractivity contribution in [2.75, 3.05) is 6.54 Å². The molecule has 0 atom stereocenters. The lowest BCUT2D eigenvalue weighted by atomic mass is 10.2. The van der Waals surface area contributed by atoms with E-state index in [4.69, 9.17) is 5.73 Å². The van der Waals surface area contributed by atoms with Gasteiger partial charge < -0.3 is 5.73 Å². The zero-order chi connectivity index (χ0) is 13.7. The molecule has 2 heterocycles. The van der Waals surface area contributed by atoms with Crippen molar-refractivity contribution >= 4 is 21.4 Å². The molecule has 0 spiro atoms. The fourth-order valence-electron chi connectivity index (χ4n) is 1.37. The molecule has 0 aliphatic carbocycles. The molecular weight excluding hydrogens is 284 g/mol. The highest BCUT2D eigenvalue weighted by Gasteiger charge is 2.15. The van der Waals surface area contributed by atoms with Crippen LogP contribution in [0.3, 0.4) is 0 Å². The zero-order valence-corrected chi connectivity index (χ0v) is 11.5. The van der Waals surface area contributed by atoms with Gasteiger partial charge in [0, 0.05) is 23.2 Å². The van der Waals surface area contributed by atoms with Gasteiger partial charge in [0.2, 0.25) is 10.0 Å². The van der Waals surface area contributed by atoms with E-state index in [1.807, 2.05) is 11.4 Å². The number of rotatable bonds is 4. The Balaban J connectivity index is 2.10. The van der Waals surface area contributed by atoms with Crippen LogP contribution in [0.25, 0.3) is 0 Å². The smallest absolute Gasteiger partial charge is 0.244 e. The molecule has 100 valence electrons. The van der Waals surface area contributed by atoms with Crippen LogP contribution in [-0.2, 0) is 16.6 Å². The number of H-pyrrole nitrogens is 1. The summed E-state index contributed by atoms with van der Waals surface area (Å²) in [5.74, 6) is 5.65. The van der Waals surface area contributed by atoms with E-state index in [0.717, 1.165) is 10.4 Å². The minimum atomic E-state index is -3.54. The van der Waals surface area contributed by atoms with Gasteiger partial charge in [-0.25, -0.2) is 13.1 Å². The van der Waals surface area contributed by atoms with Crippen LogP contribution in [0.1, 0.15) is 10.4 Å². The normalized spacial score (nSPS) is 11.0. The largest absolute Gasteiger partial charge is 0.320 e. The molecule has 0 aliphatic heterocycles. The Kier molecular flexibility index (Phi) is 4.34. The molecule has 6 nitrogen and oxygen atoms in total. The third-order valence-corrected chi connectivity index (χ3v) is 4.57. The molecule has 0 unspecified atom stereocenters. The average Bonchev–Trinajstić information content (AvgIpc) is 3.05. The summed E-state index contributed by atoms with van der Waals surface area (Å²) in [6, 6.07) is 1.84. The van der Waals surface area contributed by atoms with Crippen LogP contribution in [0.4, 0.5) is 0 Å². The average molecular weight is 296 g/mol. The lowest BCUT2D eigenvalue weighted by molar-refractivity contribution is 0.582. The van der Waals surface area contributed by atoms with E-state index < -0.39 is 10.0 Å². The van der Waals surface area contributed by atoms with Crippen molar-refractivity contribution in [2.45, 2.75) is 11.4 Å². The number of hydrogen-bond acceptors (Lipinski definition) is 5. The minimum absolute atomic E-state index is 0.110. The van der Waals surface area contributed by atoms with Gasteiger partial charge in [0.25, 0.3) is 0 Å². The molecule has 2 aromatic heterocycles. The maximum absolute atomic E-state index is 11.9. The Bertz CT molecular complexity index is 693. The molecule has 0 fully saturated rings. The predicted octanol–water partition coefficient (Wildman–Crippen LogP) is 0.260. The van der Waals surface area contributed by atoms with Crippen LogP contribution in [0, 0.1) is 11.8 Å². The Morgan fingerprint density at radius 1 is 1.53 bits per heavy atom. The summed E-state index contributed by atoms with van der Waals surface area (Å²) < 4.78 is 26.3. The van der Waals surface area contributed by atoms with Gasteiger partial charge in [-0.15, -0.1) is 11.3 Å². The standard InChI is InChI=1S/C11H12N4O2S2/c12-4-1-2-9-3-5-18-11(9)8-15-19(16,17)10-6-13-14-7-10/h3,5-7,15H,4,8,12H2,(H,13,14). The second kappa shape index (κ2) is 5.99. The molecular formula is C11H12N4O2S2. The van der Waals surface area contributed by atoms with Crippen molar-refractivity contribution in [1.82, 2.24) is 14.9 Å². The first kappa shape index (κ1) is 13.8. The van der Waals surface area contributed by atoms with E-state index in [0.29, 0.717) is 0 Å². The van der Waals surface area contributed by atoms with Crippen LogP contribution in [-0.4, -0.2) is 25.2 Å². The molecule has 2 rings (SSSR count). The fourth-order valence-corrected chi connectivity index (χ4v) is 3.13. The maximum Gasteiger partial charge on any atom is 0.244 e. The van der Waals surface area contributed by atoms with Crippen molar-refractivity contribution < 1.29 is 8.42 Å². The summed E-state index contributed by atoms with van der Waals surface area (Å²) in [5, 5.41) is 7.94. The Hall–Kier alpha value is -1.66. The molecule has 19 heavy (non-hydrogen) atoms. The first-order chi connectivity index (χ1) is 9.13. The first-order valence-electron chi connectivity index (χ1n) is 5.37. The molecule has 0 radical (unpaired) electrons. The van der Waals surface area contributed by atoms with Gasteiger partial charge >= 0.3 is 0 Å². The highest BCUT2D eigenvalue weighted by atomic mass is 32.2. The lowest BCUT2D eigenvalue weighted by Crippen LogP contribution is -2.22. The summed E-state index contributed by atoms with van der Waals surface area (Å²) in [7, 11) is -3.54. The maximum atomic E-state index is 11.9. The SMILES string of the molecule is NCC#Cc1ccsc1CNS(=O)(=O)c1cn[nH]c1. The second-order valence-corrected chi connectivity index (χ2v) is 6.29. The van der Waals surface area contributed by atoms with Crippen LogP contribution in [0.15, 0.2) is 28.7 Å². The van der Waals surface area contributed by atoms with E-state index in [1.54, 1.807) is 0 Å². The molecule has 0 saturated heterocycles. The second-order valence-electron chi connectivity index (χ2n) is 3.52. The summed E-state index contributed by atoms with van der Waals surface area (Å²) in [5.41, 5.74) is 6.11. The van der Waals surface area contributed by atoms with Crippen molar-refractivity contribution in [3.63, 3.8) is 0 Å². The van der Waals surface area contributed by atoms with Crippen molar-refractivity contribution in [3.05, 3.63) is 34.3 Å². The topological polar surface area (TPSA) is 101 Å². The van der Waals surface area contributed by atoms with Crippen molar-refractivity contribution in [2.24, 2.45) is 5.73 Å². The number of aromatic nitrogens is 2. The van der Waals surface area contributed by atoms with E-state index in [-0.39, 0.29) is 18.0 Å².